The summed E-state index contributed by atoms with van der Waals surface area (Å²) in [6.45, 7) is 3.00. The van der Waals surface area contributed by atoms with Gasteiger partial charge in [-0.15, -0.1) is 11.8 Å². The van der Waals surface area contributed by atoms with Gasteiger partial charge >= 0.3 is 0 Å². The van der Waals surface area contributed by atoms with Gasteiger partial charge in [0.25, 0.3) is 5.91 Å². The van der Waals surface area contributed by atoms with Crippen LogP contribution in [0.15, 0.2) is 53.4 Å². The van der Waals surface area contributed by atoms with Crippen molar-refractivity contribution in [3.8, 4) is 0 Å². The van der Waals surface area contributed by atoms with Gasteiger partial charge in [-0.05, 0) is 53.3 Å². The molecule has 3 rings (SSSR count). The molecule has 0 N–H and O–H groups in total. The number of fused-ring (bicyclic) bond motifs is 1. The summed E-state index contributed by atoms with van der Waals surface area (Å²) in [4.78, 5) is 16.1. The molecule has 1 heterocycles. The van der Waals surface area contributed by atoms with Gasteiger partial charge < -0.3 is 4.90 Å². The Morgan fingerprint density at radius 3 is 2.71 bits per heavy atom. The maximum absolute atomic E-state index is 13.0. The largest absolute Gasteiger partial charge is 0.307 e. The summed E-state index contributed by atoms with van der Waals surface area (Å²) in [5.41, 5.74) is 1.82. The number of thioether (sulfide) groups is 1. The molecule has 2 aromatic rings. The molecule has 108 valence electrons. The van der Waals surface area contributed by atoms with Crippen LogP contribution in [0, 0.1) is 3.57 Å². The van der Waals surface area contributed by atoms with Gasteiger partial charge in [0.2, 0.25) is 0 Å². The van der Waals surface area contributed by atoms with E-state index in [4.69, 9.17) is 0 Å². The first-order valence-corrected chi connectivity index (χ1v) is 8.95. The highest BCUT2D eigenvalue weighted by atomic mass is 127. The highest BCUT2D eigenvalue weighted by Crippen LogP contribution is 2.38. The normalized spacial score (nSPS) is 18.0. The van der Waals surface area contributed by atoms with Gasteiger partial charge in [0.05, 0.1) is 11.3 Å². The minimum Gasteiger partial charge on any atom is -0.307 e. The van der Waals surface area contributed by atoms with Gasteiger partial charge in [0, 0.05) is 20.3 Å². The van der Waals surface area contributed by atoms with Crippen LogP contribution in [0.3, 0.4) is 0 Å². The van der Waals surface area contributed by atoms with Gasteiger partial charge in [0.15, 0.2) is 0 Å². The first-order chi connectivity index (χ1) is 10.2. The Morgan fingerprint density at radius 1 is 1.19 bits per heavy atom. The fourth-order valence-corrected chi connectivity index (χ4v) is 4.21. The van der Waals surface area contributed by atoms with Crippen LogP contribution in [-0.2, 0) is 0 Å². The molecule has 4 heteroatoms. The summed E-state index contributed by atoms with van der Waals surface area (Å²) < 4.78 is 1.00. The molecule has 1 amide bonds. The van der Waals surface area contributed by atoms with E-state index in [-0.39, 0.29) is 5.91 Å². The SMILES string of the molecule is CC1CCN(C(=O)c2ccccc2I)c2ccccc2S1. The van der Waals surface area contributed by atoms with Crippen LogP contribution in [0.25, 0.3) is 0 Å². The average Bonchev–Trinajstić information content (AvgIpc) is 2.65. The molecule has 1 aliphatic heterocycles. The molecule has 21 heavy (non-hydrogen) atoms. The lowest BCUT2D eigenvalue weighted by molar-refractivity contribution is 0.0985. The van der Waals surface area contributed by atoms with Crippen molar-refractivity contribution in [1.82, 2.24) is 0 Å². The van der Waals surface area contributed by atoms with Crippen molar-refractivity contribution in [2.75, 3.05) is 11.4 Å². The van der Waals surface area contributed by atoms with E-state index in [1.807, 2.05) is 59.1 Å². The fourth-order valence-electron chi connectivity index (χ4n) is 2.48. The summed E-state index contributed by atoms with van der Waals surface area (Å²) in [6, 6.07) is 16.0. The zero-order valence-corrected chi connectivity index (χ0v) is 14.7. The number of halogens is 1. The molecule has 1 atom stereocenters. The summed E-state index contributed by atoms with van der Waals surface area (Å²) in [5, 5.41) is 0.527. The van der Waals surface area contributed by atoms with Crippen LogP contribution < -0.4 is 4.90 Å². The molecule has 2 aromatic carbocycles. The van der Waals surface area contributed by atoms with Crippen molar-refractivity contribution in [1.29, 1.82) is 0 Å². The number of para-hydroxylation sites is 1. The summed E-state index contributed by atoms with van der Waals surface area (Å²) in [5.74, 6) is 0.0992. The quantitative estimate of drug-likeness (QED) is 0.630. The first kappa shape index (κ1) is 14.9. The van der Waals surface area contributed by atoms with E-state index < -0.39 is 0 Å². The molecule has 0 bridgehead atoms. The molecular weight excluding hydrogens is 393 g/mol. The third-order valence-electron chi connectivity index (χ3n) is 3.59. The molecule has 0 fully saturated rings. The third kappa shape index (κ3) is 3.11. The first-order valence-electron chi connectivity index (χ1n) is 6.99. The number of hydrogen-bond acceptors (Lipinski definition) is 2. The molecule has 0 aromatic heterocycles. The maximum atomic E-state index is 13.0. The topological polar surface area (TPSA) is 20.3 Å². The smallest absolute Gasteiger partial charge is 0.259 e. The Morgan fingerprint density at radius 2 is 1.90 bits per heavy atom. The van der Waals surface area contributed by atoms with E-state index in [2.05, 4.69) is 35.6 Å². The summed E-state index contributed by atoms with van der Waals surface area (Å²) in [6.07, 6.45) is 1.01. The van der Waals surface area contributed by atoms with Crippen LogP contribution in [-0.4, -0.2) is 17.7 Å². The molecule has 0 saturated heterocycles. The zero-order valence-electron chi connectivity index (χ0n) is 11.8. The van der Waals surface area contributed by atoms with E-state index in [0.29, 0.717) is 5.25 Å². The standard InChI is InChI=1S/C17H16INOS/c1-12-10-11-19(15-8-4-5-9-16(15)21-12)17(20)13-6-2-3-7-14(13)18/h2-9,12H,10-11H2,1H3. The maximum Gasteiger partial charge on any atom is 0.259 e. The number of hydrogen-bond donors (Lipinski definition) is 0. The van der Waals surface area contributed by atoms with Crippen molar-refractivity contribution in [3.63, 3.8) is 0 Å². The molecule has 0 radical (unpaired) electrons. The van der Waals surface area contributed by atoms with Crippen LogP contribution in [0.2, 0.25) is 0 Å². The minimum absolute atomic E-state index is 0.0992. The predicted molar refractivity (Wildman–Crippen MR) is 97.2 cm³/mol. The van der Waals surface area contributed by atoms with E-state index in [0.717, 1.165) is 27.8 Å². The van der Waals surface area contributed by atoms with E-state index >= 15 is 0 Å². The minimum atomic E-state index is 0.0992. The van der Waals surface area contributed by atoms with Gasteiger partial charge in [-0.25, -0.2) is 0 Å². The number of rotatable bonds is 1. The zero-order chi connectivity index (χ0) is 14.8. The predicted octanol–water partition coefficient (Wildman–Crippen LogP) is 4.82. The molecule has 0 saturated carbocycles. The Kier molecular flexibility index (Phi) is 4.54. The molecular formula is C17H16INOS. The highest BCUT2D eigenvalue weighted by Gasteiger charge is 2.25. The van der Waals surface area contributed by atoms with Crippen molar-refractivity contribution >= 4 is 45.9 Å². The second kappa shape index (κ2) is 6.40. The Balaban J connectivity index is 2.02. The lowest BCUT2D eigenvalue weighted by Crippen LogP contribution is -2.32. The van der Waals surface area contributed by atoms with Crippen LogP contribution in [0.5, 0.6) is 0 Å². The number of benzene rings is 2. The number of nitrogens with zero attached hydrogens (tertiary/aromatic N) is 1. The number of carbonyl (C=O) groups excluding carboxylic acids is 1. The molecule has 1 unspecified atom stereocenters. The highest BCUT2D eigenvalue weighted by molar-refractivity contribution is 14.1. The second-order valence-electron chi connectivity index (χ2n) is 5.12. The lowest BCUT2D eigenvalue weighted by Gasteiger charge is -2.23. The monoisotopic (exact) mass is 409 g/mol. The van der Waals surface area contributed by atoms with Crippen LogP contribution >= 0.6 is 34.4 Å². The Hall–Kier alpha value is -1.01. The number of carbonyl (C=O) groups is 1. The van der Waals surface area contributed by atoms with Gasteiger partial charge in [-0.1, -0.05) is 31.2 Å². The lowest BCUT2D eigenvalue weighted by atomic mass is 10.1. The molecule has 2 nitrogen and oxygen atoms in total. The van der Waals surface area contributed by atoms with E-state index in [1.54, 1.807) is 0 Å². The summed E-state index contributed by atoms with van der Waals surface area (Å²) in [7, 11) is 0. The third-order valence-corrected chi connectivity index (χ3v) is 5.77. The van der Waals surface area contributed by atoms with E-state index in [9.17, 15) is 4.79 Å². The fraction of sp³-hybridized carbons (Fsp3) is 0.235. The van der Waals surface area contributed by atoms with Gasteiger partial charge in [0.1, 0.15) is 0 Å². The molecule has 0 spiro atoms. The molecule has 0 aliphatic carbocycles. The number of anilines is 1. The summed E-state index contributed by atoms with van der Waals surface area (Å²) >= 11 is 4.09. The van der Waals surface area contributed by atoms with Crippen LogP contribution in [0.1, 0.15) is 23.7 Å². The number of amides is 1. The van der Waals surface area contributed by atoms with E-state index in [1.165, 1.54) is 4.90 Å². The van der Waals surface area contributed by atoms with Gasteiger partial charge in [-0.3, -0.25) is 4.79 Å². The Bertz CT molecular complexity index is 673. The average molecular weight is 409 g/mol. The van der Waals surface area contributed by atoms with Crippen molar-refractivity contribution in [2.24, 2.45) is 0 Å². The van der Waals surface area contributed by atoms with Crippen molar-refractivity contribution in [2.45, 2.75) is 23.5 Å². The van der Waals surface area contributed by atoms with Crippen molar-refractivity contribution < 1.29 is 4.79 Å². The molecule has 1 aliphatic rings. The second-order valence-corrected chi connectivity index (χ2v) is 7.76. The van der Waals surface area contributed by atoms with Crippen LogP contribution in [0.4, 0.5) is 5.69 Å². The Labute approximate surface area is 143 Å². The van der Waals surface area contributed by atoms with Gasteiger partial charge in [-0.2, -0.15) is 0 Å². The van der Waals surface area contributed by atoms with Crippen molar-refractivity contribution in [3.05, 3.63) is 57.7 Å².